The van der Waals surface area contributed by atoms with Gasteiger partial charge in [-0.2, -0.15) is 5.10 Å². The maximum absolute atomic E-state index is 11.9. The molecule has 2 rings (SSSR count). The van der Waals surface area contributed by atoms with E-state index in [0.717, 1.165) is 19.1 Å². The van der Waals surface area contributed by atoms with E-state index in [2.05, 4.69) is 26.5 Å². The molecule has 0 unspecified atom stereocenters. The first-order chi connectivity index (χ1) is 8.58. The van der Waals surface area contributed by atoms with Crippen LogP contribution in [0.4, 0.5) is 0 Å². The summed E-state index contributed by atoms with van der Waals surface area (Å²) in [5.41, 5.74) is 4.26. The molecule has 0 saturated heterocycles. The number of rotatable bonds is 3. The highest BCUT2D eigenvalue weighted by Crippen LogP contribution is 2.21. The van der Waals surface area contributed by atoms with Crippen molar-refractivity contribution >= 4 is 50.7 Å². The van der Waals surface area contributed by atoms with Gasteiger partial charge in [0.25, 0.3) is 5.91 Å². The zero-order valence-corrected chi connectivity index (χ0v) is 13.1. The SMILES string of the molecule is Cc1scc(C(=O)N/N=C/c2ccc(Br)s2)c1C. The van der Waals surface area contributed by atoms with Crippen molar-refractivity contribution in [1.82, 2.24) is 5.43 Å². The van der Waals surface area contributed by atoms with E-state index in [1.165, 1.54) is 0 Å². The van der Waals surface area contributed by atoms with E-state index < -0.39 is 0 Å². The summed E-state index contributed by atoms with van der Waals surface area (Å²) in [6, 6.07) is 3.88. The standard InChI is InChI=1S/C12H11BrN2OS2/c1-7-8(2)17-6-10(7)12(16)15-14-5-9-3-4-11(13)18-9/h3-6H,1-2H3,(H,15,16)/b14-5+. The van der Waals surface area contributed by atoms with Crippen LogP contribution in [0.25, 0.3) is 0 Å². The molecule has 0 aliphatic rings. The number of nitrogens with one attached hydrogen (secondary N) is 1. The van der Waals surface area contributed by atoms with Gasteiger partial charge in [-0.05, 0) is 47.5 Å². The van der Waals surface area contributed by atoms with Crippen molar-refractivity contribution in [1.29, 1.82) is 0 Å². The number of aryl methyl sites for hydroxylation is 1. The van der Waals surface area contributed by atoms with Gasteiger partial charge in [-0.1, -0.05) is 0 Å². The third kappa shape index (κ3) is 3.07. The molecule has 0 saturated carbocycles. The van der Waals surface area contributed by atoms with E-state index in [-0.39, 0.29) is 5.91 Å². The van der Waals surface area contributed by atoms with E-state index in [9.17, 15) is 4.79 Å². The summed E-state index contributed by atoms with van der Waals surface area (Å²) in [6.45, 7) is 3.95. The fourth-order valence-corrected chi connectivity index (χ4v) is 3.51. The Kier molecular flexibility index (Phi) is 4.31. The van der Waals surface area contributed by atoms with Crippen LogP contribution < -0.4 is 5.43 Å². The molecule has 0 fully saturated rings. The fourth-order valence-electron chi connectivity index (χ4n) is 1.35. The number of carbonyl (C=O) groups is 1. The van der Waals surface area contributed by atoms with Gasteiger partial charge in [0, 0.05) is 15.1 Å². The molecule has 0 aliphatic heterocycles. The Morgan fingerprint density at radius 3 is 2.78 bits per heavy atom. The lowest BCUT2D eigenvalue weighted by Crippen LogP contribution is -2.17. The topological polar surface area (TPSA) is 41.5 Å². The van der Waals surface area contributed by atoms with Gasteiger partial charge in [-0.3, -0.25) is 4.79 Å². The molecule has 1 N–H and O–H groups in total. The molecule has 2 aromatic rings. The van der Waals surface area contributed by atoms with Crippen LogP contribution in [0.2, 0.25) is 0 Å². The zero-order valence-electron chi connectivity index (χ0n) is 9.86. The third-order valence-electron chi connectivity index (χ3n) is 2.48. The number of hydrogen-bond donors (Lipinski definition) is 1. The summed E-state index contributed by atoms with van der Waals surface area (Å²) in [4.78, 5) is 14.0. The van der Waals surface area contributed by atoms with Crippen molar-refractivity contribution in [2.24, 2.45) is 5.10 Å². The molecular formula is C12H11BrN2OS2. The second-order valence-electron chi connectivity index (χ2n) is 3.67. The van der Waals surface area contributed by atoms with Gasteiger partial charge in [-0.25, -0.2) is 5.43 Å². The van der Waals surface area contributed by atoms with E-state index in [1.54, 1.807) is 28.9 Å². The molecule has 18 heavy (non-hydrogen) atoms. The minimum atomic E-state index is -0.163. The van der Waals surface area contributed by atoms with Crippen LogP contribution in [-0.4, -0.2) is 12.1 Å². The van der Waals surface area contributed by atoms with Crippen LogP contribution in [0.3, 0.4) is 0 Å². The summed E-state index contributed by atoms with van der Waals surface area (Å²) < 4.78 is 1.04. The van der Waals surface area contributed by atoms with Gasteiger partial charge in [0.2, 0.25) is 0 Å². The van der Waals surface area contributed by atoms with Crippen molar-refractivity contribution in [2.75, 3.05) is 0 Å². The predicted octanol–water partition coefficient (Wildman–Crippen LogP) is 3.95. The van der Waals surface area contributed by atoms with E-state index in [4.69, 9.17) is 0 Å². The highest BCUT2D eigenvalue weighted by molar-refractivity contribution is 9.11. The van der Waals surface area contributed by atoms with Gasteiger partial charge < -0.3 is 0 Å². The first-order valence-corrected chi connectivity index (χ1v) is 7.70. The second kappa shape index (κ2) is 5.77. The molecule has 2 heterocycles. The quantitative estimate of drug-likeness (QED) is 0.665. The van der Waals surface area contributed by atoms with Gasteiger partial charge in [-0.15, -0.1) is 22.7 Å². The van der Waals surface area contributed by atoms with Gasteiger partial charge >= 0.3 is 0 Å². The van der Waals surface area contributed by atoms with Crippen molar-refractivity contribution in [3.63, 3.8) is 0 Å². The van der Waals surface area contributed by atoms with Gasteiger partial charge in [0.1, 0.15) is 0 Å². The molecule has 1 amide bonds. The number of amides is 1. The van der Waals surface area contributed by atoms with E-state index in [1.807, 2.05) is 31.4 Å². The molecule has 0 bridgehead atoms. The number of carbonyl (C=O) groups excluding carboxylic acids is 1. The van der Waals surface area contributed by atoms with Crippen LogP contribution in [0.15, 0.2) is 26.4 Å². The minimum absolute atomic E-state index is 0.163. The monoisotopic (exact) mass is 342 g/mol. The lowest BCUT2D eigenvalue weighted by Gasteiger charge is -1.98. The maximum atomic E-state index is 11.9. The summed E-state index contributed by atoms with van der Waals surface area (Å²) in [6.07, 6.45) is 1.64. The molecule has 0 radical (unpaired) electrons. The first-order valence-electron chi connectivity index (χ1n) is 5.21. The molecule has 6 heteroatoms. The van der Waals surface area contributed by atoms with Crippen molar-refractivity contribution < 1.29 is 4.79 Å². The highest BCUT2D eigenvalue weighted by Gasteiger charge is 2.11. The number of hydrogen-bond acceptors (Lipinski definition) is 4. The Bertz CT molecular complexity index is 601. The molecular weight excluding hydrogens is 332 g/mol. The summed E-state index contributed by atoms with van der Waals surface area (Å²) in [5.74, 6) is -0.163. The summed E-state index contributed by atoms with van der Waals surface area (Å²) >= 11 is 6.51. The van der Waals surface area contributed by atoms with Crippen LogP contribution in [0.1, 0.15) is 25.7 Å². The highest BCUT2D eigenvalue weighted by atomic mass is 79.9. The second-order valence-corrected chi connectivity index (χ2v) is 7.25. The van der Waals surface area contributed by atoms with Crippen LogP contribution in [0.5, 0.6) is 0 Å². The molecule has 0 aliphatic carbocycles. The Hall–Kier alpha value is -0.980. The average Bonchev–Trinajstić information content (AvgIpc) is 2.87. The number of nitrogens with zero attached hydrogens (tertiary/aromatic N) is 1. The summed E-state index contributed by atoms with van der Waals surface area (Å²) in [7, 11) is 0. The summed E-state index contributed by atoms with van der Waals surface area (Å²) in [5, 5.41) is 5.81. The van der Waals surface area contributed by atoms with Crippen LogP contribution >= 0.6 is 38.6 Å². The van der Waals surface area contributed by atoms with E-state index in [0.29, 0.717) is 5.56 Å². The largest absolute Gasteiger partial charge is 0.272 e. The zero-order chi connectivity index (χ0) is 13.1. The Labute approximate surface area is 122 Å². The number of thiophene rings is 2. The molecule has 94 valence electrons. The van der Waals surface area contributed by atoms with Gasteiger partial charge in [0.05, 0.1) is 15.6 Å². The predicted molar refractivity (Wildman–Crippen MR) is 80.9 cm³/mol. The van der Waals surface area contributed by atoms with Crippen molar-refractivity contribution in [3.05, 3.63) is 42.2 Å². The molecule has 2 aromatic heterocycles. The first kappa shape index (κ1) is 13.5. The Morgan fingerprint density at radius 1 is 1.44 bits per heavy atom. The number of hydrazone groups is 1. The molecule has 0 spiro atoms. The Balaban J connectivity index is 2.00. The molecule has 3 nitrogen and oxygen atoms in total. The maximum Gasteiger partial charge on any atom is 0.272 e. The third-order valence-corrected chi connectivity index (χ3v) is 5.05. The lowest BCUT2D eigenvalue weighted by atomic mass is 10.2. The normalized spacial score (nSPS) is 11.1. The van der Waals surface area contributed by atoms with Crippen molar-refractivity contribution in [2.45, 2.75) is 13.8 Å². The number of halogens is 1. The molecule has 0 atom stereocenters. The smallest absolute Gasteiger partial charge is 0.267 e. The van der Waals surface area contributed by atoms with E-state index >= 15 is 0 Å². The fraction of sp³-hybridized carbons (Fsp3) is 0.167. The minimum Gasteiger partial charge on any atom is -0.267 e. The van der Waals surface area contributed by atoms with Crippen LogP contribution in [0, 0.1) is 13.8 Å². The van der Waals surface area contributed by atoms with Gasteiger partial charge in [0.15, 0.2) is 0 Å². The van der Waals surface area contributed by atoms with Crippen molar-refractivity contribution in [3.8, 4) is 0 Å². The molecule has 0 aromatic carbocycles. The average molecular weight is 343 g/mol. The Morgan fingerprint density at radius 2 is 2.22 bits per heavy atom. The van der Waals surface area contributed by atoms with Crippen LogP contribution in [-0.2, 0) is 0 Å². The lowest BCUT2D eigenvalue weighted by molar-refractivity contribution is 0.0955.